The molecule has 0 aliphatic carbocycles. The molecule has 2 amide bonds. The van der Waals surface area contributed by atoms with Gasteiger partial charge >= 0.3 is 12.0 Å². The number of nitrogens with one attached hydrogen (secondary N) is 2. The second-order valence-corrected chi connectivity index (χ2v) is 5.00. The number of aryl methyl sites for hydroxylation is 1. The van der Waals surface area contributed by atoms with Gasteiger partial charge in [0.25, 0.3) is 0 Å². The summed E-state index contributed by atoms with van der Waals surface area (Å²) in [7, 11) is 0. The number of amides is 2. The van der Waals surface area contributed by atoms with E-state index in [2.05, 4.69) is 25.8 Å². The third-order valence-corrected chi connectivity index (χ3v) is 2.92. The summed E-state index contributed by atoms with van der Waals surface area (Å²) >= 11 is 1.26. The first kappa shape index (κ1) is 13.9. The summed E-state index contributed by atoms with van der Waals surface area (Å²) in [6.45, 7) is 1.78. The molecule has 0 spiro atoms. The number of carboxylic acids is 1. The Kier molecular flexibility index (Phi) is 4.20. The minimum Gasteiger partial charge on any atom is -0.481 e. The first-order chi connectivity index (χ1) is 9.52. The molecule has 0 atom stereocenters. The maximum atomic E-state index is 11.6. The topological polar surface area (TPSA) is 117 Å². The van der Waals surface area contributed by atoms with Gasteiger partial charge in [0.05, 0.1) is 24.0 Å². The van der Waals surface area contributed by atoms with Crippen LogP contribution >= 0.6 is 11.3 Å². The normalized spacial score (nSPS) is 10.1. The minimum atomic E-state index is -0.956. The number of carbonyl (C=O) groups is 2. The molecule has 20 heavy (non-hydrogen) atoms. The van der Waals surface area contributed by atoms with Gasteiger partial charge < -0.3 is 10.4 Å². The number of aliphatic carboxylic acids is 1. The summed E-state index contributed by atoms with van der Waals surface area (Å²) in [5.41, 5.74) is 0.876. The Morgan fingerprint density at radius 2 is 2.10 bits per heavy atom. The van der Waals surface area contributed by atoms with Crippen molar-refractivity contribution in [3.63, 3.8) is 0 Å². The zero-order valence-corrected chi connectivity index (χ0v) is 11.3. The van der Waals surface area contributed by atoms with Gasteiger partial charge in [-0.05, 0) is 19.1 Å². The number of carbonyl (C=O) groups excluding carboxylic acids is 1. The van der Waals surface area contributed by atoms with Crippen LogP contribution in [0.4, 0.5) is 15.6 Å². The van der Waals surface area contributed by atoms with Gasteiger partial charge in [0.15, 0.2) is 0 Å². The molecular formula is C11H11N5O3S. The maximum Gasteiger partial charge on any atom is 0.325 e. The number of carboxylic acid groups (broad SMARTS) is 1. The lowest BCUT2D eigenvalue weighted by Crippen LogP contribution is -2.19. The molecule has 104 valence electrons. The van der Waals surface area contributed by atoms with E-state index in [4.69, 9.17) is 5.11 Å². The van der Waals surface area contributed by atoms with E-state index in [1.165, 1.54) is 17.5 Å². The van der Waals surface area contributed by atoms with E-state index in [-0.39, 0.29) is 6.42 Å². The second kappa shape index (κ2) is 6.06. The van der Waals surface area contributed by atoms with E-state index in [1.807, 2.05) is 0 Å². The van der Waals surface area contributed by atoms with Crippen LogP contribution in [-0.2, 0) is 11.2 Å². The van der Waals surface area contributed by atoms with Crippen molar-refractivity contribution in [2.45, 2.75) is 13.3 Å². The molecule has 9 heteroatoms. The largest absolute Gasteiger partial charge is 0.481 e. The van der Waals surface area contributed by atoms with Gasteiger partial charge in [-0.15, -0.1) is 10.2 Å². The van der Waals surface area contributed by atoms with Crippen LogP contribution in [0.25, 0.3) is 0 Å². The molecule has 0 radical (unpaired) electrons. The summed E-state index contributed by atoms with van der Waals surface area (Å²) < 4.78 is 0. The number of nitrogens with zero attached hydrogens (tertiary/aromatic N) is 3. The first-order valence-electron chi connectivity index (χ1n) is 5.58. The number of urea groups is 1. The SMILES string of the molecule is Cc1nnc(NC(=O)Nc2ccc(CC(=O)O)nc2)s1. The molecule has 0 aromatic carbocycles. The molecule has 2 heterocycles. The molecule has 3 N–H and O–H groups in total. The average molecular weight is 293 g/mol. The smallest absolute Gasteiger partial charge is 0.325 e. The van der Waals surface area contributed by atoms with Crippen LogP contribution in [0.5, 0.6) is 0 Å². The number of aromatic nitrogens is 3. The molecule has 0 fully saturated rings. The van der Waals surface area contributed by atoms with Gasteiger partial charge in [0, 0.05) is 0 Å². The van der Waals surface area contributed by atoms with Crippen LogP contribution < -0.4 is 10.6 Å². The van der Waals surface area contributed by atoms with E-state index in [0.29, 0.717) is 16.5 Å². The average Bonchev–Trinajstić information content (AvgIpc) is 2.76. The number of anilines is 2. The predicted molar refractivity (Wildman–Crippen MR) is 72.9 cm³/mol. The van der Waals surface area contributed by atoms with E-state index < -0.39 is 12.0 Å². The number of pyridine rings is 1. The van der Waals surface area contributed by atoms with Gasteiger partial charge in [-0.2, -0.15) is 0 Å². The van der Waals surface area contributed by atoms with Crippen molar-refractivity contribution in [3.8, 4) is 0 Å². The van der Waals surface area contributed by atoms with Crippen molar-refractivity contribution >= 4 is 34.2 Å². The zero-order chi connectivity index (χ0) is 14.5. The van der Waals surface area contributed by atoms with Crippen LogP contribution in [-0.4, -0.2) is 32.3 Å². The lowest BCUT2D eigenvalue weighted by atomic mass is 10.2. The Labute approximate surface area is 117 Å². The van der Waals surface area contributed by atoms with E-state index in [1.54, 1.807) is 19.1 Å². The first-order valence-corrected chi connectivity index (χ1v) is 6.39. The molecule has 2 aromatic rings. The van der Waals surface area contributed by atoms with Crippen molar-refractivity contribution in [1.29, 1.82) is 0 Å². The summed E-state index contributed by atoms with van der Waals surface area (Å²) in [6.07, 6.45) is 1.24. The third kappa shape index (κ3) is 3.99. The highest BCUT2D eigenvalue weighted by Crippen LogP contribution is 2.14. The highest BCUT2D eigenvalue weighted by atomic mass is 32.1. The van der Waals surface area contributed by atoms with Crippen molar-refractivity contribution in [1.82, 2.24) is 15.2 Å². The fourth-order valence-electron chi connectivity index (χ4n) is 1.36. The van der Waals surface area contributed by atoms with Gasteiger partial charge in [0.1, 0.15) is 5.01 Å². The Hall–Kier alpha value is -2.55. The van der Waals surface area contributed by atoms with Crippen LogP contribution in [0.3, 0.4) is 0 Å². The Balaban J connectivity index is 1.92. The molecule has 8 nitrogen and oxygen atoms in total. The van der Waals surface area contributed by atoms with Crippen LogP contribution in [0.1, 0.15) is 10.7 Å². The number of rotatable bonds is 4. The third-order valence-electron chi connectivity index (χ3n) is 2.16. The zero-order valence-electron chi connectivity index (χ0n) is 10.5. The van der Waals surface area contributed by atoms with Gasteiger partial charge in [-0.3, -0.25) is 15.1 Å². The summed E-state index contributed by atoms with van der Waals surface area (Å²) in [5.74, 6) is -0.956. The molecule has 0 saturated heterocycles. The quantitative estimate of drug-likeness (QED) is 0.786. The van der Waals surface area contributed by atoms with Crippen molar-refractivity contribution in [2.75, 3.05) is 10.6 Å². The highest BCUT2D eigenvalue weighted by molar-refractivity contribution is 7.15. The fraction of sp³-hybridized carbons (Fsp3) is 0.182. The lowest BCUT2D eigenvalue weighted by molar-refractivity contribution is -0.136. The Morgan fingerprint density at radius 3 is 2.65 bits per heavy atom. The number of hydrogen-bond donors (Lipinski definition) is 3. The van der Waals surface area contributed by atoms with E-state index >= 15 is 0 Å². The van der Waals surface area contributed by atoms with Crippen LogP contribution in [0, 0.1) is 6.92 Å². The summed E-state index contributed by atoms with van der Waals surface area (Å²) in [5, 5.41) is 22.4. The molecule has 0 unspecified atom stereocenters. The van der Waals surface area contributed by atoms with E-state index in [0.717, 1.165) is 5.01 Å². The van der Waals surface area contributed by atoms with Gasteiger partial charge in [-0.25, -0.2) is 4.79 Å². The van der Waals surface area contributed by atoms with E-state index in [9.17, 15) is 9.59 Å². The van der Waals surface area contributed by atoms with Gasteiger partial charge in [0.2, 0.25) is 5.13 Å². The predicted octanol–water partition coefficient (Wildman–Crippen LogP) is 1.51. The number of hydrogen-bond acceptors (Lipinski definition) is 6. The van der Waals surface area contributed by atoms with Crippen molar-refractivity contribution in [2.24, 2.45) is 0 Å². The fourth-order valence-corrected chi connectivity index (χ4v) is 1.95. The molecule has 2 aromatic heterocycles. The minimum absolute atomic E-state index is 0.156. The Bertz CT molecular complexity index is 625. The van der Waals surface area contributed by atoms with Crippen molar-refractivity contribution in [3.05, 3.63) is 29.0 Å². The molecule has 2 rings (SSSR count). The van der Waals surface area contributed by atoms with Crippen molar-refractivity contribution < 1.29 is 14.7 Å². The standard InChI is InChI=1S/C11H11N5O3S/c1-6-15-16-11(20-6)14-10(19)13-8-3-2-7(12-5-8)4-9(17)18/h2-3,5H,4H2,1H3,(H,17,18)(H2,13,14,16,19). The Morgan fingerprint density at radius 1 is 1.30 bits per heavy atom. The molecule has 0 saturated carbocycles. The highest BCUT2D eigenvalue weighted by Gasteiger charge is 2.07. The summed E-state index contributed by atoms with van der Waals surface area (Å²) in [6, 6.07) is 2.66. The maximum absolute atomic E-state index is 11.6. The van der Waals surface area contributed by atoms with Crippen LogP contribution in [0.2, 0.25) is 0 Å². The second-order valence-electron chi connectivity index (χ2n) is 3.81. The molecule has 0 aliphatic heterocycles. The monoisotopic (exact) mass is 293 g/mol. The van der Waals surface area contributed by atoms with Crippen LogP contribution in [0.15, 0.2) is 18.3 Å². The lowest BCUT2D eigenvalue weighted by Gasteiger charge is -2.05. The molecule has 0 bridgehead atoms. The summed E-state index contributed by atoms with van der Waals surface area (Å²) in [4.78, 5) is 26.1. The molecule has 0 aliphatic rings. The molecular weight excluding hydrogens is 282 g/mol. The van der Waals surface area contributed by atoms with Gasteiger partial charge in [-0.1, -0.05) is 11.3 Å².